The molecule has 1 aromatic carbocycles. The number of nitrogens with one attached hydrogen (secondary N) is 1. The van der Waals surface area contributed by atoms with Crippen molar-refractivity contribution in [2.75, 3.05) is 6.61 Å². The van der Waals surface area contributed by atoms with Gasteiger partial charge in [-0.2, -0.15) is 0 Å². The highest BCUT2D eigenvalue weighted by atomic mass is 127. The van der Waals surface area contributed by atoms with Gasteiger partial charge in [0.1, 0.15) is 5.75 Å². The molecule has 3 rings (SSSR count). The van der Waals surface area contributed by atoms with E-state index >= 15 is 0 Å². The Hall–Kier alpha value is -0.500. The van der Waals surface area contributed by atoms with Gasteiger partial charge in [0.25, 0.3) is 0 Å². The first kappa shape index (κ1) is 16.9. The van der Waals surface area contributed by atoms with E-state index in [-0.39, 0.29) is 24.0 Å². The molecule has 0 aromatic heterocycles. The molecule has 1 aromatic rings. The molecule has 3 N–H and O–H groups in total. The summed E-state index contributed by atoms with van der Waals surface area (Å²) >= 11 is 3.54. The number of ether oxygens (including phenoxy) is 1. The molecule has 116 valence electrons. The van der Waals surface area contributed by atoms with E-state index in [9.17, 15) is 0 Å². The molecule has 1 saturated carbocycles. The van der Waals surface area contributed by atoms with E-state index in [1.807, 2.05) is 0 Å². The molecule has 2 aliphatic rings. The summed E-state index contributed by atoms with van der Waals surface area (Å²) in [6.45, 7) is 1.33. The third kappa shape index (κ3) is 4.25. The van der Waals surface area contributed by atoms with E-state index in [2.05, 4.69) is 38.4 Å². The maximum absolute atomic E-state index is 5.97. The van der Waals surface area contributed by atoms with Crippen molar-refractivity contribution in [3.05, 3.63) is 27.7 Å². The molecule has 0 spiro atoms. The lowest BCUT2D eigenvalue weighted by atomic mass is 10.1. The van der Waals surface area contributed by atoms with E-state index in [1.54, 1.807) is 0 Å². The van der Waals surface area contributed by atoms with Crippen molar-refractivity contribution in [3.8, 4) is 5.75 Å². The lowest BCUT2D eigenvalue weighted by Gasteiger charge is -2.13. The lowest BCUT2D eigenvalue weighted by molar-refractivity contribution is 0.353. The maximum Gasteiger partial charge on any atom is 0.189 e. The summed E-state index contributed by atoms with van der Waals surface area (Å²) in [6, 6.07) is 4.69. The van der Waals surface area contributed by atoms with Crippen LogP contribution in [0.5, 0.6) is 5.75 Å². The van der Waals surface area contributed by atoms with Crippen LogP contribution in [0.4, 0.5) is 0 Å². The Bertz CT molecular complexity index is 530. The molecular weight excluding hydrogens is 445 g/mol. The van der Waals surface area contributed by atoms with Crippen LogP contribution in [0.3, 0.4) is 0 Å². The first-order chi connectivity index (χ1) is 9.72. The van der Waals surface area contributed by atoms with Crippen LogP contribution >= 0.6 is 39.9 Å². The maximum atomic E-state index is 5.97. The van der Waals surface area contributed by atoms with Gasteiger partial charge in [0.05, 0.1) is 13.2 Å². The van der Waals surface area contributed by atoms with Crippen LogP contribution in [0.2, 0.25) is 0 Å². The van der Waals surface area contributed by atoms with Gasteiger partial charge >= 0.3 is 0 Å². The van der Waals surface area contributed by atoms with Gasteiger partial charge < -0.3 is 15.8 Å². The third-order valence-corrected chi connectivity index (χ3v) is 4.41. The van der Waals surface area contributed by atoms with Crippen molar-refractivity contribution >= 4 is 45.9 Å². The van der Waals surface area contributed by atoms with Gasteiger partial charge in [-0.25, -0.2) is 4.99 Å². The summed E-state index contributed by atoms with van der Waals surface area (Å²) in [5.74, 6) is 1.54. The van der Waals surface area contributed by atoms with Gasteiger partial charge in [-0.3, -0.25) is 0 Å². The normalized spacial score (nSPS) is 18.0. The highest BCUT2D eigenvalue weighted by Crippen LogP contribution is 2.33. The van der Waals surface area contributed by atoms with Crippen molar-refractivity contribution in [3.63, 3.8) is 0 Å². The molecule has 0 radical (unpaired) electrons. The number of hydrogen-bond donors (Lipinski definition) is 2. The zero-order valence-corrected chi connectivity index (χ0v) is 15.8. The minimum Gasteiger partial charge on any atom is -0.493 e. The van der Waals surface area contributed by atoms with Crippen LogP contribution < -0.4 is 15.8 Å². The van der Waals surface area contributed by atoms with Crippen LogP contribution in [-0.2, 0) is 13.0 Å². The van der Waals surface area contributed by atoms with Crippen molar-refractivity contribution in [1.82, 2.24) is 5.32 Å². The van der Waals surface area contributed by atoms with Gasteiger partial charge in [0, 0.05) is 22.5 Å². The van der Waals surface area contributed by atoms with Crippen LogP contribution in [-0.4, -0.2) is 18.6 Å². The number of hydrogen-bond acceptors (Lipinski definition) is 2. The van der Waals surface area contributed by atoms with Gasteiger partial charge in [-0.15, -0.1) is 24.0 Å². The zero-order valence-electron chi connectivity index (χ0n) is 11.9. The Morgan fingerprint density at radius 3 is 2.90 bits per heavy atom. The molecular formula is C15H21BrIN3O. The molecule has 0 unspecified atom stereocenters. The number of guanidine groups is 1. The molecule has 21 heavy (non-hydrogen) atoms. The number of rotatable bonds is 3. The van der Waals surface area contributed by atoms with Gasteiger partial charge in [-0.05, 0) is 30.5 Å². The Morgan fingerprint density at radius 1 is 1.38 bits per heavy atom. The summed E-state index contributed by atoms with van der Waals surface area (Å²) in [5, 5.41) is 3.31. The summed E-state index contributed by atoms with van der Waals surface area (Å²) in [5.41, 5.74) is 8.33. The van der Waals surface area contributed by atoms with E-state index in [1.165, 1.54) is 31.2 Å². The summed E-state index contributed by atoms with van der Waals surface area (Å²) in [6.07, 6.45) is 5.95. The first-order valence-electron chi connectivity index (χ1n) is 7.23. The molecule has 6 heteroatoms. The van der Waals surface area contributed by atoms with Crippen LogP contribution in [0.25, 0.3) is 0 Å². The highest BCUT2D eigenvalue weighted by Gasteiger charge is 2.18. The van der Waals surface area contributed by atoms with E-state index in [4.69, 9.17) is 10.5 Å². The molecule has 0 atom stereocenters. The SMILES string of the molecule is I.NC(=NCc1cc(Br)cc2c1OCC2)NC1CCCC1. The standard InChI is InChI=1S/C15H20BrN3O.HI/c16-12-7-10-5-6-20-14(10)11(8-12)9-18-15(17)19-13-3-1-2-4-13;/h7-8,13H,1-6,9H2,(H3,17,18,19);1H. The van der Waals surface area contributed by atoms with Crippen LogP contribution in [0.1, 0.15) is 36.8 Å². The zero-order chi connectivity index (χ0) is 13.9. The predicted octanol–water partition coefficient (Wildman–Crippen LogP) is 3.35. The number of halogens is 2. The smallest absolute Gasteiger partial charge is 0.189 e. The summed E-state index contributed by atoms with van der Waals surface area (Å²) in [4.78, 5) is 4.46. The predicted molar refractivity (Wildman–Crippen MR) is 99.5 cm³/mol. The highest BCUT2D eigenvalue weighted by molar-refractivity contribution is 14.0. The Labute approximate surface area is 151 Å². The second-order valence-corrected chi connectivity index (χ2v) is 6.39. The molecule has 0 amide bonds. The molecule has 1 aliphatic heterocycles. The van der Waals surface area contributed by atoms with E-state index < -0.39 is 0 Å². The number of fused-ring (bicyclic) bond motifs is 1. The van der Waals surface area contributed by atoms with Crippen LogP contribution in [0, 0.1) is 0 Å². The molecule has 1 aliphatic carbocycles. The summed E-state index contributed by atoms with van der Waals surface area (Å²) in [7, 11) is 0. The molecule has 4 nitrogen and oxygen atoms in total. The van der Waals surface area contributed by atoms with Gasteiger partial charge in [0.15, 0.2) is 5.96 Å². The fourth-order valence-electron chi connectivity index (χ4n) is 2.96. The minimum atomic E-state index is 0. The second-order valence-electron chi connectivity index (χ2n) is 5.48. The van der Waals surface area contributed by atoms with Crippen molar-refractivity contribution < 1.29 is 4.74 Å². The van der Waals surface area contributed by atoms with Gasteiger partial charge in [0.2, 0.25) is 0 Å². The fourth-order valence-corrected chi connectivity index (χ4v) is 3.51. The largest absolute Gasteiger partial charge is 0.493 e. The number of nitrogens with two attached hydrogens (primary N) is 1. The van der Waals surface area contributed by atoms with Gasteiger partial charge in [-0.1, -0.05) is 28.8 Å². The van der Waals surface area contributed by atoms with Crippen molar-refractivity contribution in [2.45, 2.75) is 44.7 Å². The third-order valence-electron chi connectivity index (χ3n) is 3.95. The van der Waals surface area contributed by atoms with Crippen LogP contribution in [0.15, 0.2) is 21.6 Å². The average molecular weight is 466 g/mol. The lowest BCUT2D eigenvalue weighted by Crippen LogP contribution is -2.38. The Morgan fingerprint density at radius 2 is 2.14 bits per heavy atom. The minimum absolute atomic E-state index is 0. The van der Waals surface area contributed by atoms with E-state index in [0.29, 0.717) is 18.5 Å². The molecule has 0 bridgehead atoms. The molecule has 1 fully saturated rings. The first-order valence-corrected chi connectivity index (χ1v) is 8.02. The number of aliphatic imine (C=N–C) groups is 1. The topological polar surface area (TPSA) is 59.6 Å². The molecule has 0 saturated heterocycles. The number of nitrogens with zero attached hydrogens (tertiary/aromatic N) is 1. The summed E-state index contributed by atoms with van der Waals surface area (Å²) < 4.78 is 6.78. The molecule has 1 heterocycles. The Balaban J connectivity index is 0.00000161. The Kier molecular flexibility index (Phi) is 6.16. The quantitative estimate of drug-likeness (QED) is 0.409. The monoisotopic (exact) mass is 465 g/mol. The average Bonchev–Trinajstić information content (AvgIpc) is 3.06. The number of benzene rings is 1. The van der Waals surface area contributed by atoms with E-state index in [0.717, 1.165) is 28.8 Å². The second kappa shape index (κ2) is 7.67. The fraction of sp³-hybridized carbons (Fsp3) is 0.533. The van der Waals surface area contributed by atoms with Crippen molar-refractivity contribution in [1.29, 1.82) is 0 Å². The van der Waals surface area contributed by atoms with Crippen molar-refractivity contribution in [2.24, 2.45) is 10.7 Å².